The third-order valence-electron chi connectivity index (χ3n) is 11.3. The molecule has 0 bridgehead atoms. The Morgan fingerprint density at radius 1 is 0.296 bits per heavy atom. The average Bonchev–Trinajstić information content (AvgIpc) is 3.37. The molecule has 0 amide bonds. The van der Waals surface area contributed by atoms with Crippen molar-refractivity contribution in [3.63, 3.8) is 0 Å². The average molecular weight is 980 g/mol. The zero-order chi connectivity index (χ0) is 51.4. The first-order valence-electron chi connectivity index (χ1n) is 28.3. The molecule has 0 spiro atoms. The van der Waals surface area contributed by atoms with Gasteiger partial charge in [-0.15, -0.1) is 0 Å². The van der Waals surface area contributed by atoms with Gasteiger partial charge < -0.3 is 14.2 Å². The molecule has 0 aliphatic carbocycles. The number of allylic oxidation sites excluding steroid dienone is 24. The molecule has 398 valence electrons. The summed E-state index contributed by atoms with van der Waals surface area (Å²) in [7, 11) is 0. The lowest BCUT2D eigenvalue weighted by Gasteiger charge is -2.18. The maximum Gasteiger partial charge on any atom is 0.306 e. The predicted molar refractivity (Wildman–Crippen MR) is 306 cm³/mol. The maximum atomic E-state index is 12.9. The fourth-order valence-electron chi connectivity index (χ4n) is 7.07. The normalized spacial score (nSPS) is 13.2. The maximum absolute atomic E-state index is 12.9. The number of esters is 3. The minimum Gasteiger partial charge on any atom is -0.462 e. The summed E-state index contributed by atoms with van der Waals surface area (Å²) in [5.74, 6) is -1.07. The summed E-state index contributed by atoms with van der Waals surface area (Å²) in [6.45, 7) is 6.35. The van der Waals surface area contributed by atoms with Gasteiger partial charge in [-0.3, -0.25) is 14.4 Å². The van der Waals surface area contributed by atoms with Gasteiger partial charge in [0.15, 0.2) is 6.10 Å². The van der Waals surface area contributed by atoms with Crippen LogP contribution in [0, 0.1) is 0 Å². The van der Waals surface area contributed by atoms with Crippen molar-refractivity contribution in [1.29, 1.82) is 0 Å². The molecule has 6 nitrogen and oxygen atoms in total. The van der Waals surface area contributed by atoms with Gasteiger partial charge in [0, 0.05) is 19.3 Å². The van der Waals surface area contributed by atoms with Gasteiger partial charge in [-0.05, 0) is 135 Å². The monoisotopic (exact) mass is 979 g/mol. The molecule has 0 radical (unpaired) electrons. The molecule has 1 atom stereocenters. The summed E-state index contributed by atoms with van der Waals surface area (Å²) in [6, 6.07) is 0. The van der Waals surface area contributed by atoms with Gasteiger partial charge in [-0.1, -0.05) is 218 Å². The van der Waals surface area contributed by atoms with E-state index in [2.05, 4.69) is 154 Å². The van der Waals surface area contributed by atoms with E-state index in [0.29, 0.717) is 19.3 Å². The molecule has 0 aliphatic rings. The van der Waals surface area contributed by atoms with Gasteiger partial charge in [0.1, 0.15) is 13.2 Å². The number of ether oxygens (including phenoxy) is 3. The topological polar surface area (TPSA) is 78.9 Å². The van der Waals surface area contributed by atoms with Crippen molar-refractivity contribution in [3.8, 4) is 0 Å². The summed E-state index contributed by atoms with van der Waals surface area (Å²) in [4.78, 5) is 38.1. The van der Waals surface area contributed by atoms with E-state index in [0.717, 1.165) is 122 Å². The van der Waals surface area contributed by atoms with Crippen LogP contribution in [0.2, 0.25) is 0 Å². The fourth-order valence-corrected chi connectivity index (χ4v) is 7.07. The molecule has 0 aromatic rings. The minimum atomic E-state index is -0.838. The molecule has 0 saturated carbocycles. The lowest BCUT2D eigenvalue weighted by molar-refractivity contribution is -0.166. The lowest BCUT2D eigenvalue weighted by atomic mass is 10.1. The van der Waals surface area contributed by atoms with Crippen molar-refractivity contribution in [1.82, 2.24) is 0 Å². The standard InChI is InChI=1S/C65H102O6/c1-4-7-10-13-16-19-22-25-28-30-32-34-37-40-43-46-49-52-55-58-64(67)70-61-62(60-69-63(66)57-54-51-48-45-42-39-36-27-24-21-18-15-12-9-6-3)71-65(68)59-56-53-50-47-44-41-38-35-33-31-29-26-23-20-17-14-11-8-5-2/h7,10,16-21,25-29,32-36,40-41,43-44,49,52,62H,4-6,8-9,11-15,22-24,30-31,37-39,42,45-48,50-51,53-61H2,1-3H3/b10-7-,19-16-,20-17-,21-18-,28-25-,29-26-,34-32-,35-33-,36-27-,43-40-,44-41-,52-49-/t62-/m0/s1. The third-order valence-corrected chi connectivity index (χ3v) is 11.3. The number of rotatable bonds is 49. The highest BCUT2D eigenvalue weighted by Crippen LogP contribution is 2.12. The number of carbonyl (C=O) groups is 3. The van der Waals surface area contributed by atoms with Crippen molar-refractivity contribution in [2.75, 3.05) is 13.2 Å². The number of unbranched alkanes of at least 4 members (excludes halogenated alkanes) is 14. The smallest absolute Gasteiger partial charge is 0.306 e. The Hall–Kier alpha value is -4.71. The first kappa shape index (κ1) is 66.3. The Labute approximate surface area is 436 Å². The largest absolute Gasteiger partial charge is 0.462 e. The van der Waals surface area contributed by atoms with E-state index in [4.69, 9.17) is 14.2 Å². The Morgan fingerprint density at radius 2 is 0.577 bits per heavy atom. The zero-order valence-electron chi connectivity index (χ0n) is 45.4. The van der Waals surface area contributed by atoms with Crippen LogP contribution in [-0.4, -0.2) is 37.2 Å². The minimum absolute atomic E-state index is 0.128. The van der Waals surface area contributed by atoms with Gasteiger partial charge in [0.05, 0.1) is 0 Å². The highest BCUT2D eigenvalue weighted by atomic mass is 16.6. The fraction of sp³-hybridized carbons (Fsp3) is 0.585. The highest BCUT2D eigenvalue weighted by Gasteiger charge is 2.19. The molecule has 0 aromatic heterocycles. The van der Waals surface area contributed by atoms with Crippen LogP contribution in [-0.2, 0) is 28.6 Å². The van der Waals surface area contributed by atoms with Gasteiger partial charge in [-0.25, -0.2) is 0 Å². The number of hydrogen-bond acceptors (Lipinski definition) is 6. The van der Waals surface area contributed by atoms with Crippen LogP contribution in [0.4, 0.5) is 0 Å². The van der Waals surface area contributed by atoms with Crippen LogP contribution >= 0.6 is 0 Å². The van der Waals surface area contributed by atoms with Crippen molar-refractivity contribution in [2.45, 2.75) is 232 Å². The molecule has 0 rings (SSSR count). The summed E-state index contributed by atoms with van der Waals surface area (Å²) >= 11 is 0. The Morgan fingerprint density at radius 3 is 0.958 bits per heavy atom. The van der Waals surface area contributed by atoms with Crippen LogP contribution < -0.4 is 0 Å². The summed E-state index contributed by atoms with van der Waals surface area (Å²) in [5, 5.41) is 0. The third kappa shape index (κ3) is 56.1. The molecule has 0 aromatic carbocycles. The summed E-state index contributed by atoms with van der Waals surface area (Å²) in [6.07, 6.45) is 82.7. The van der Waals surface area contributed by atoms with E-state index in [1.807, 2.05) is 12.2 Å². The Bertz CT molecular complexity index is 1590. The molecule has 6 heteroatoms. The Kier molecular flexibility index (Phi) is 54.0. The predicted octanol–water partition coefficient (Wildman–Crippen LogP) is 19.2. The number of hydrogen-bond donors (Lipinski definition) is 0. The number of carbonyl (C=O) groups excluding carboxylic acids is 3. The van der Waals surface area contributed by atoms with Crippen LogP contribution in [0.5, 0.6) is 0 Å². The molecular formula is C65H102O6. The summed E-state index contributed by atoms with van der Waals surface area (Å²) in [5.41, 5.74) is 0. The van der Waals surface area contributed by atoms with Crippen LogP contribution in [0.25, 0.3) is 0 Å². The second-order valence-electron chi connectivity index (χ2n) is 18.1. The molecular weight excluding hydrogens is 877 g/mol. The lowest BCUT2D eigenvalue weighted by Crippen LogP contribution is -2.30. The SMILES string of the molecule is CC/C=C\C/C=C\C/C=C\C/C=C\C/C=C\C/C=C\CCC(=O)OC[C@H](COC(=O)CCCCCCC/C=C\C/C=C\CCCCC)OC(=O)CCCCC/C=C\C/C=C\C/C=C\C/C=C\CCCCC. The first-order valence-corrected chi connectivity index (χ1v) is 28.3. The first-order chi connectivity index (χ1) is 35.0. The van der Waals surface area contributed by atoms with E-state index in [-0.39, 0.29) is 44.0 Å². The molecule has 0 unspecified atom stereocenters. The van der Waals surface area contributed by atoms with Gasteiger partial charge in [0.25, 0.3) is 0 Å². The molecule has 0 heterocycles. The highest BCUT2D eigenvalue weighted by molar-refractivity contribution is 5.71. The quantitative estimate of drug-likeness (QED) is 0.0262. The van der Waals surface area contributed by atoms with Gasteiger partial charge in [0.2, 0.25) is 0 Å². The zero-order valence-corrected chi connectivity index (χ0v) is 45.4. The second kappa shape index (κ2) is 57.9. The van der Waals surface area contributed by atoms with E-state index >= 15 is 0 Å². The van der Waals surface area contributed by atoms with E-state index in [1.54, 1.807) is 0 Å². The van der Waals surface area contributed by atoms with Crippen LogP contribution in [0.3, 0.4) is 0 Å². The van der Waals surface area contributed by atoms with E-state index < -0.39 is 6.10 Å². The molecule has 0 saturated heterocycles. The van der Waals surface area contributed by atoms with Gasteiger partial charge >= 0.3 is 17.9 Å². The van der Waals surface area contributed by atoms with Crippen LogP contribution in [0.1, 0.15) is 226 Å². The van der Waals surface area contributed by atoms with Crippen molar-refractivity contribution < 1.29 is 28.6 Å². The molecule has 71 heavy (non-hydrogen) atoms. The van der Waals surface area contributed by atoms with Crippen LogP contribution in [0.15, 0.2) is 146 Å². The molecule has 0 aliphatic heterocycles. The van der Waals surface area contributed by atoms with Crippen molar-refractivity contribution in [3.05, 3.63) is 146 Å². The van der Waals surface area contributed by atoms with Gasteiger partial charge in [-0.2, -0.15) is 0 Å². The second-order valence-corrected chi connectivity index (χ2v) is 18.1. The Balaban J connectivity index is 4.62. The molecule has 0 N–H and O–H groups in total. The van der Waals surface area contributed by atoms with Crippen molar-refractivity contribution >= 4 is 17.9 Å². The van der Waals surface area contributed by atoms with Crippen molar-refractivity contribution in [2.24, 2.45) is 0 Å². The summed E-state index contributed by atoms with van der Waals surface area (Å²) < 4.78 is 16.7. The molecule has 0 fully saturated rings. The van der Waals surface area contributed by atoms with E-state index in [9.17, 15) is 14.4 Å². The van der Waals surface area contributed by atoms with E-state index in [1.165, 1.54) is 51.4 Å².